The number of carbonyl (C=O) groups is 1. The summed E-state index contributed by atoms with van der Waals surface area (Å²) in [4.78, 5) is 17.8. The van der Waals surface area contributed by atoms with Gasteiger partial charge in [-0.25, -0.2) is 9.48 Å². The van der Waals surface area contributed by atoms with Crippen molar-refractivity contribution in [3.8, 4) is 11.5 Å². The second-order valence-corrected chi connectivity index (χ2v) is 10.1. The Balaban J connectivity index is 1.68. The van der Waals surface area contributed by atoms with Crippen LogP contribution >= 0.6 is 23.4 Å². The highest BCUT2D eigenvalue weighted by Gasteiger charge is 2.35. The molecule has 8 nitrogen and oxygen atoms in total. The van der Waals surface area contributed by atoms with Crippen molar-refractivity contribution in [1.29, 1.82) is 0 Å². The second kappa shape index (κ2) is 13.1. The molecule has 0 saturated carbocycles. The van der Waals surface area contributed by atoms with Gasteiger partial charge in [-0.05, 0) is 49.6 Å². The molecule has 10 heteroatoms. The summed E-state index contributed by atoms with van der Waals surface area (Å²) in [5.74, 6) is 2.00. The summed E-state index contributed by atoms with van der Waals surface area (Å²) in [6, 6.07) is 12.8. The van der Waals surface area contributed by atoms with Gasteiger partial charge in [0.15, 0.2) is 11.5 Å². The number of methoxy groups -OCH3 is 1. The Morgan fingerprint density at radius 3 is 2.71 bits per heavy atom. The quantitative estimate of drug-likeness (QED) is 0.151. The first kappa shape index (κ1) is 27.9. The maximum atomic E-state index is 13.1. The number of hydrogen-bond donors (Lipinski definition) is 1. The van der Waals surface area contributed by atoms with Gasteiger partial charge in [0.1, 0.15) is 6.04 Å². The molecule has 0 spiro atoms. The van der Waals surface area contributed by atoms with E-state index in [1.807, 2.05) is 49.4 Å². The standard InChI is InChI=1S/C28H33ClN4O4S/c1-5-7-10-15-37-22-14-13-19(16-23(22)35-4)25-24(26(34)36-6-2)18(3)30-27-31-28(32-33(25)27)38-17-20-11-8-9-12-21(20)29/h8-9,11-14,16,25H,5-7,10,15,17H2,1-4H3,(H,30,31,32). The predicted molar refractivity (Wildman–Crippen MR) is 150 cm³/mol. The fourth-order valence-corrected chi connectivity index (χ4v) is 5.35. The maximum Gasteiger partial charge on any atom is 0.338 e. The molecule has 0 fully saturated rings. The zero-order chi connectivity index (χ0) is 27.1. The lowest BCUT2D eigenvalue weighted by Crippen LogP contribution is -2.29. The molecular formula is C28H33ClN4O4S. The van der Waals surface area contributed by atoms with E-state index in [1.54, 1.807) is 18.7 Å². The molecule has 4 rings (SSSR count). The molecule has 1 aromatic heterocycles. The Bertz CT molecular complexity index is 1310. The molecule has 1 unspecified atom stereocenters. The van der Waals surface area contributed by atoms with Crippen molar-refractivity contribution in [2.75, 3.05) is 25.6 Å². The maximum absolute atomic E-state index is 13.1. The van der Waals surface area contributed by atoms with Crippen LogP contribution in [0.4, 0.5) is 5.95 Å². The van der Waals surface area contributed by atoms with Gasteiger partial charge in [-0.2, -0.15) is 4.98 Å². The number of benzene rings is 2. The highest BCUT2D eigenvalue weighted by atomic mass is 35.5. The lowest BCUT2D eigenvalue weighted by molar-refractivity contribution is -0.139. The van der Waals surface area contributed by atoms with Crippen LogP contribution in [-0.4, -0.2) is 41.1 Å². The van der Waals surface area contributed by atoms with E-state index in [4.69, 9.17) is 35.9 Å². The Hall–Kier alpha value is -3.17. The molecule has 0 aliphatic carbocycles. The number of nitrogens with one attached hydrogen (secondary N) is 1. The van der Waals surface area contributed by atoms with Crippen molar-refractivity contribution in [1.82, 2.24) is 14.8 Å². The number of halogens is 1. The van der Waals surface area contributed by atoms with Gasteiger partial charge in [-0.3, -0.25) is 0 Å². The van der Waals surface area contributed by atoms with Crippen molar-refractivity contribution >= 4 is 35.3 Å². The largest absolute Gasteiger partial charge is 0.493 e. The van der Waals surface area contributed by atoms with Gasteiger partial charge >= 0.3 is 5.97 Å². The van der Waals surface area contributed by atoms with E-state index in [9.17, 15) is 4.79 Å². The number of thioether (sulfide) groups is 1. The van der Waals surface area contributed by atoms with E-state index < -0.39 is 12.0 Å². The monoisotopic (exact) mass is 556 g/mol. The molecule has 1 aliphatic rings. The van der Waals surface area contributed by atoms with E-state index in [0.29, 0.717) is 51.3 Å². The highest BCUT2D eigenvalue weighted by molar-refractivity contribution is 7.98. The summed E-state index contributed by atoms with van der Waals surface area (Å²) in [6.45, 7) is 6.67. The molecule has 0 amide bonds. The molecule has 0 saturated heterocycles. The normalized spacial score (nSPS) is 14.6. The topological polar surface area (TPSA) is 87.5 Å². The number of aromatic nitrogens is 3. The van der Waals surface area contributed by atoms with Crippen LogP contribution in [0.25, 0.3) is 0 Å². The minimum Gasteiger partial charge on any atom is -0.493 e. The van der Waals surface area contributed by atoms with Crippen LogP contribution in [-0.2, 0) is 15.3 Å². The number of esters is 1. The lowest BCUT2D eigenvalue weighted by Gasteiger charge is -2.28. The fourth-order valence-electron chi connectivity index (χ4n) is 4.24. The number of allylic oxidation sites excluding steroid dienone is 1. The molecule has 1 N–H and O–H groups in total. The van der Waals surface area contributed by atoms with E-state index >= 15 is 0 Å². The van der Waals surface area contributed by atoms with Gasteiger partial charge in [-0.15, -0.1) is 5.10 Å². The Kier molecular flexibility index (Phi) is 9.58. The van der Waals surface area contributed by atoms with Crippen LogP contribution in [0.15, 0.2) is 58.9 Å². The van der Waals surface area contributed by atoms with Crippen molar-refractivity contribution in [2.45, 2.75) is 57.0 Å². The van der Waals surface area contributed by atoms with Crippen molar-refractivity contribution in [3.05, 3.63) is 69.9 Å². The molecule has 2 aromatic carbocycles. The molecule has 3 aromatic rings. The number of hydrogen-bond acceptors (Lipinski definition) is 8. The number of anilines is 1. The smallest absolute Gasteiger partial charge is 0.338 e. The van der Waals surface area contributed by atoms with Gasteiger partial charge in [-0.1, -0.05) is 67.4 Å². The van der Waals surface area contributed by atoms with Crippen molar-refractivity contribution < 1.29 is 19.0 Å². The minimum absolute atomic E-state index is 0.263. The first-order chi connectivity index (χ1) is 18.5. The summed E-state index contributed by atoms with van der Waals surface area (Å²) < 4.78 is 18.8. The number of unbranched alkanes of at least 4 members (excludes halogenated alkanes) is 2. The zero-order valence-corrected chi connectivity index (χ0v) is 23.7. The molecule has 0 bridgehead atoms. The third-order valence-electron chi connectivity index (χ3n) is 6.15. The highest BCUT2D eigenvalue weighted by Crippen LogP contribution is 2.40. The molecule has 2 heterocycles. The zero-order valence-electron chi connectivity index (χ0n) is 22.1. The Morgan fingerprint density at radius 1 is 1.16 bits per heavy atom. The summed E-state index contributed by atoms with van der Waals surface area (Å²) in [6.07, 6.45) is 3.20. The van der Waals surface area contributed by atoms with Gasteiger partial charge in [0.05, 0.1) is 25.9 Å². The first-order valence-corrected chi connectivity index (χ1v) is 14.1. The van der Waals surface area contributed by atoms with Gasteiger partial charge in [0.2, 0.25) is 11.1 Å². The lowest BCUT2D eigenvalue weighted by atomic mass is 9.95. The third kappa shape index (κ3) is 6.27. The van der Waals surface area contributed by atoms with E-state index in [2.05, 4.69) is 12.2 Å². The van der Waals surface area contributed by atoms with Crippen molar-refractivity contribution in [2.24, 2.45) is 0 Å². The summed E-state index contributed by atoms with van der Waals surface area (Å²) in [5, 5.41) is 9.28. The Morgan fingerprint density at radius 2 is 1.97 bits per heavy atom. The van der Waals surface area contributed by atoms with Crippen LogP contribution in [0, 0.1) is 0 Å². The predicted octanol–water partition coefficient (Wildman–Crippen LogP) is 6.65. The second-order valence-electron chi connectivity index (χ2n) is 8.80. The Labute approximate surface area is 232 Å². The fraction of sp³-hybridized carbons (Fsp3) is 0.393. The molecular weight excluding hydrogens is 524 g/mol. The minimum atomic E-state index is -0.560. The molecule has 38 heavy (non-hydrogen) atoms. The number of carbonyl (C=O) groups excluding carboxylic acids is 1. The molecule has 1 aliphatic heterocycles. The SMILES string of the molecule is CCCCCOc1ccc(C2C(C(=O)OCC)=C(C)Nc3nc(SCc4ccccc4Cl)nn32)cc1OC. The third-order valence-corrected chi connectivity index (χ3v) is 7.41. The van der Waals surface area contributed by atoms with E-state index in [1.165, 1.54) is 11.8 Å². The van der Waals surface area contributed by atoms with Crippen LogP contribution in [0.3, 0.4) is 0 Å². The molecule has 0 radical (unpaired) electrons. The van der Waals surface area contributed by atoms with Crippen LogP contribution in [0.2, 0.25) is 5.02 Å². The average Bonchev–Trinajstić information content (AvgIpc) is 3.32. The van der Waals surface area contributed by atoms with E-state index in [0.717, 1.165) is 30.4 Å². The van der Waals surface area contributed by atoms with Crippen molar-refractivity contribution in [3.63, 3.8) is 0 Å². The number of fused-ring (bicyclic) bond motifs is 1. The van der Waals surface area contributed by atoms with Crippen LogP contribution in [0.1, 0.15) is 57.2 Å². The van der Waals surface area contributed by atoms with Gasteiger partial charge in [0.25, 0.3) is 0 Å². The van der Waals surface area contributed by atoms with Crippen LogP contribution in [0.5, 0.6) is 11.5 Å². The number of ether oxygens (including phenoxy) is 3. The molecule has 1 atom stereocenters. The van der Waals surface area contributed by atoms with Gasteiger partial charge in [0, 0.05) is 16.5 Å². The van der Waals surface area contributed by atoms with Gasteiger partial charge < -0.3 is 19.5 Å². The number of nitrogens with zero attached hydrogens (tertiary/aromatic N) is 3. The summed E-state index contributed by atoms with van der Waals surface area (Å²) in [7, 11) is 1.61. The molecule has 202 valence electrons. The average molecular weight is 557 g/mol. The number of rotatable bonds is 12. The van der Waals surface area contributed by atoms with Crippen LogP contribution < -0.4 is 14.8 Å². The van der Waals surface area contributed by atoms with E-state index in [-0.39, 0.29) is 6.61 Å². The summed E-state index contributed by atoms with van der Waals surface area (Å²) >= 11 is 7.81. The first-order valence-electron chi connectivity index (χ1n) is 12.7. The summed E-state index contributed by atoms with van der Waals surface area (Å²) in [5.41, 5.74) is 2.93.